The molecule has 172 valence electrons. The number of allylic oxidation sites excluding steroid dienone is 2. The number of carbonyl (C=O) groups excluding carboxylic acids is 2. The molecule has 0 aliphatic heterocycles. The lowest BCUT2D eigenvalue weighted by atomic mass is 10.1. The van der Waals surface area contributed by atoms with Crippen LogP contribution in [0.2, 0.25) is 0 Å². The summed E-state index contributed by atoms with van der Waals surface area (Å²) in [6.07, 6.45) is 3.28. The molecule has 0 radical (unpaired) electrons. The molecule has 0 fully saturated rings. The number of hydrogen-bond acceptors (Lipinski definition) is 4. The molecule has 32 heavy (non-hydrogen) atoms. The number of aliphatic imine (C=N–C) groups is 1. The van der Waals surface area contributed by atoms with E-state index >= 15 is 0 Å². The molecule has 0 unspecified atom stereocenters. The smallest absolute Gasteiger partial charge is 0.251 e. The first kappa shape index (κ1) is 24.9. The number of nitrogens with one attached hydrogen (secondary N) is 2. The number of guanidine groups is 1. The third kappa shape index (κ3) is 7.39. The van der Waals surface area contributed by atoms with Crippen molar-refractivity contribution in [3.05, 3.63) is 59.3 Å². The lowest BCUT2D eigenvalue weighted by Gasteiger charge is -2.14. The Hall–Kier alpha value is -3.39. The van der Waals surface area contributed by atoms with Gasteiger partial charge < -0.3 is 20.7 Å². The predicted molar refractivity (Wildman–Crippen MR) is 127 cm³/mol. The van der Waals surface area contributed by atoms with Crippen LogP contribution in [0.15, 0.2) is 53.0 Å². The summed E-state index contributed by atoms with van der Waals surface area (Å²) >= 11 is 0. The second-order valence-corrected chi connectivity index (χ2v) is 7.61. The van der Waals surface area contributed by atoms with Crippen molar-refractivity contribution in [2.75, 3.05) is 19.7 Å². The van der Waals surface area contributed by atoms with Crippen molar-refractivity contribution in [1.82, 2.24) is 15.2 Å². The standard InChI is InChI=1S/C24H33N5O3/c1-4-26-23(32)19-9-7-18(8-10-19)21-13-12-20(11-6-17(2)3)29(21)16-22(31)28-24(25)27-14-5-15-30/h6-10,12-13,30H,4-5,11,14-16H2,1-3H3,(H,26,32)(H3,25,27,28,31). The van der Waals surface area contributed by atoms with Crippen molar-refractivity contribution in [1.29, 1.82) is 0 Å². The normalized spacial score (nSPS) is 11.2. The van der Waals surface area contributed by atoms with Gasteiger partial charge in [0.05, 0.1) is 0 Å². The summed E-state index contributed by atoms with van der Waals surface area (Å²) in [5, 5.41) is 14.2. The molecule has 2 amide bonds. The summed E-state index contributed by atoms with van der Waals surface area (Å²) in [5.74, 6) is -0.367. The first-order chi connectivity index (χ1) is 15.3. The van der Waals surface area contributed by atoms with Gasteiger partial charge in [0.1, 0.15) is 6.54 Å². The molecule has 1 aromatic heterocycles. The molecule has 8 heteroatoms. The minimum absolute atomic E-state index is 0.0179. The minimum atomic E-state index is -0.287. The summed E-state index contributed by atoms with van der Waals surface area (Å²) in [5.41, 5.74) is 10.3. The van der Waals surface area contributed by atoms with Crippen molar-refractivity contribution in [3.63, 3.8) is 0 Å². The fourth-order valence-electron chi connectivity index (χ4n) is 3.13. The average molecular weight is 440 g/mol. The zero-order valence-corrected chi connectivity index (χ0v) is 19.0. The maximum absolute atomic E-state index is 12.6. The van der Waals surface area contributed by atoms with Gasteiger partial charge in [-0.15, -0.1) is 0 Å². The number of hydrogen-bond donors (Lipinski definition) is 4. The van der Waals surface area contributed by atoms with E-state index in [1.54, 1.807) is 12.1 Å². The molecule has 1 aromatic carbocycles. The van der Waals surface area contributed by atoms with Gasteiger partial charge in [0.2, 0.25) is 5.91 Å². The molecule has 8 nitrogen and oxygen atoms in total. The Bertz CT molecular complexity index is 970. The van der Waals surface area contributed by atoms with Gasteiger partial charge in [0.25, 0.3) is 5.91 Å². The largest absolute Gasteiger partial charge is 0.396 e. The van der Waals surface area contributed by atoms with Gasteiger partial charge in [0.15, 0.2) is 5.96 Å². The highest BCUT2D eigenvalue weighted by Crippen LogP contribution is 2.24. The van der Waals surface area contributed by atoms with Gasteiger partial charge in [-0.1, -0.05) is 23.8 Å². The Morgan fingerprint density at radius 3 is 2.50 bits per heavy atom. The molecule has 0 spiro atoms. The molecule has 5 N–H and O–H groups in total. The molecule has 2 rings (SSSR count). The quantitative estimate of drug-likeness (QED) is 0.196. The second-order valence-electron chi connectivity index (χ2n) is 7.61. The summed E-state index contributed by atoms with van der Waals surface area (Å²) in [7, 11) is 0. The van der Waals surface area contributed by atoms with Crippen LogP contribution < -0.4 is 16.4 Å². The zero-order chi connectivity index (χ0) is 23.5. The van der Waals surface area contributed by atoms with E-state index in [0.717, 1.165) is 17.0 Å². The molecule has 0 saturated carbocycles. The highest BCUT2D eigenvalue weighted by Gasteiger charge is 2.14. The van der Waals surface area contributed by atoms with Crippen molar-refractivity contribution in [2.45, 2.75) is 40.2 Å². The Kier molecular flexibility index (Phi) is 9.69. The van der Waals surface area contributed by atoms with Crippen molar-refractivity contribution in [2.24, 2.45) is 10.7 Å². The Morgan fingerprint density at radius 1 is 1.16 bits per heavy atom. The van der Waals surface area contributed by atoms with Crippen LogP contribution in [0.1, 0.15) is 43.2 Å². The van der Waals surface area contributed by atoms with Gasteiger partial charge in [-0.05, 0) is 57.0 Å². The molecular weight excluding hydrogens is 406 g/mol. The second kappa shape index (κ2) is 12.5. The molecule has 0 aliphatic carbocycles. The van der Waals surface area contributed by atoms with E-state index in [4.69, 9.17) is 10.8 Å². The first-order valence-corrected chi connectivity index (χ1v) is 10.8. The molecular formula is C24H33N5O3. The van der Waals surface area contributed by atoms with Crippen molar-refractivity contribution in [3.8, 4) is 11.3 Å². The fraction of sp³-hybridized carbons (Fsp3) is 0.375. The molecule has 0 atom stereocenters. The van der Waals surface area contributed by atoms with Crippen LogP contribution in [-0.4, -0.2) is 47.1 Å². The van der Waals surface area contributed by atoms with Gasteiger partial charge >= 0.3 is 0 Å². The van der Waals surface area contributed by atoms with Gasteiger partial charge in [-0.3, -0.25) is 19.9 Å². The van der Waals surface area contributed by atoms with E-state index in [2.05, 4.69) is 21.7 Å². The SMILES string of the molecule is CCNC(=O)c1ccc(-c2ccc(CC=C(C)C)n2CC(=O)NC(N)=NCCCO)cc1. The maximum atomic E-state index is 12.6. The lowest BCUT2D eigenvalue weighted by molar-refractivity contribution is -0.120. The van der Waals surface area contributed by atoms with E-state index in [0.29, 0.717) is 31.5 Å². The number of aliphatic hydroxyl groups is 1. The Morgan fingerprint density at radius 2 is 1.88 bits per heavy atom. The topological polar surface area (TPSA) is 122 Å². The number of rotatable bonds is 10. The summed E-state index contributed by atoms with van der Waals surface area (Å²) < 4.78 is 1.94. The summed E-state index contributed by atoms with van der Waals surface area (Å²) in [4.78, 5) is 28.7. The summed E-state index contributed by atoms with van der Waals surface area (Å²) in [6.45, 7) is 6.95. The predicted octanol–water partition coefficient (Wildman–Crippen LogP) is 2.23. The minimum Gasteiger partial charge on any atom is -0.396 e. The van der Waals surface area contributed by atoms with Crippen LogP contribution in [0.3, 0.4) is 0 Å². The first-order valence-electron chi connectivity index (χ1n) is 10.8. The number of aromatic nitrogens is 1. The monoisotopic (exact) mass is 439 g/mol. The Labute approximate surface area is 189 Å². The lowest BCUT2D eigenvalue weighted by Crippen LogP contribution is -2.39. The number of carbonyl (C=O) groups is 2. The molecule has 0 saturated heterocycles. The number of aliphatic hydroxyl groups excluding tert-OH is 1. The Balaban J connectivity index is 2.28. The van der Waals surface area contributed by atoms with E-state index < -0.39 is 0 Å². The van der Waals surface area contributed by atoms with Crippen molar-refractivity contribution >= 4 is 17.8 Å². The number of nitrogens with two attached hydrogens (primary N) is 1. The van der Waals surface area contributed by atoms with Gasteiger partial charge in [0, 0.05) is 43.1 Å². The molecule has 0 aliphatic rings. The van der Waals surface area contributed by atoms with Crippen LogP contribution in [0, 0.1) is 0 Å². The van der Waals surface area contributed by atoms with Crippen LogP contribution in [0.4, 0.5) is 0 Å². The molecule has 1 heterocycles. The van der Waals surface area contributed by atoms with E-state index in [1.807, 2.05) is 49.6 Å². The molecule has 0 bridgehead atoms. The van der Waals surface area contributed by atoms with E-state index in [1.165, 1.54) is 5.57 Å². The van der Waals surface area contributed by atoms with Gasteiger partial charge in [-0.2, -0.15) is 0 Å². The number of nitrogens with zero attached hydrogens (tertiary/aromatic N) is 2. The number of amides is 2. The van der Waals surface area contributed by atoms with Crippen LogP contribution in [0.25, 0.3) is 11.3 Å². The van der Waals surface area contributed by atoms with Crippen LogP contribution in [0.5, 0.6) is 0 Å². The van der Waals surface area contributed by atoms with Crippen LogP contribution >= 0.6 is 0 Å². The highest BCUT2D eigenvalue weighted by molar-refractivity contribution is 5.96. The van der Waals surface area contributed by atoms with Gasteiger partial charge in [-0.25, -0.2) is 0 Å². The average Bonchev–Trinajstić information content (AvgIpc) is 3.14. The zero-order valence-electron chi connectivity index (χ0n) is 19.0. The highest BCUT2D eigenvalue weighted by atomic mass is 16.3. The third-order valence-corrected chi connectivity index (χ3v) is 4.74. The van der Waals surface area contributed by atoms with Crippen molar-refractivity contribution < 1.29 is 14.7 Å². The van der Waals surface area contributed by atoms with Crippen LogP contribution in [-0.2, 0) is 17.8 Å². The summed E-state index contributed by atoms with van der Waals surface area (Å²) in [6, 6.07) is 11.3. The third-order valence-electron chi connectivity index (χ3n) is 4.74. The fourth-order valence-corrected chi connectivity index (χ4v) is 3.13. The van der Waals surface area contributed by atoms with E-state index in [-0.39, 0.29) is 30.9 Å². The molecule has 2 aromatic rings. The maximum Gasteiger partial charge on any atom is 0.251 e. The number of benzene rings is 1. The van der Waals surface area contributed by atoms with E-state index in [9.17, 15) is 9.59 Å².